The van der Waals surface area contributed by atoms with Crippen molar-refractivity contribution in [3.63, 3.8) is 0 Å². The van der Waals surface area contributed by atoms with Crippen LogP contribution in [-0.2, 0) is 0 Å². The molecule has 2 rings (SSSR count). The third kappa shape index (κ3) is 3.33. The topological polar surface area (TPSA) is 0 Å². The molecule has 0 amide bonds. The molecule has 0 heteroatoms. The maximum atomic E-state index is 2.31. The van der Waals surface area contributed by atoms with E-state index in [9.17, 15) is 0 Å². The maximum absolute atomic E-state index is 2.31. The lowest BCUT2D eigenvalue weighted by Crippen LogP contribution is -2.05. The van der Waals surface area contributed by atoms with E-state index in [1.807, 2.05) is 0 Å². The SMILES string of the molecule is CCCCCC1CC=CC=C1c1ccccc1. The van der Waals surface area contributed by atoms with E-state index in [0.29, 0.717) is 0 Å². The summed E-state index contributed by atoms with van der Waals surface area (Å²) in [6.07, 6.45) is 13.4. The molecular formula is C17H22. The van der Waals surface area contributed by atoms with Crippen molar-refractivity contribution in [1.29, 1.82) is 0 Å². The van der Waals surface area contributed by atoms with Gasteiger partial charge in [-0.15, -0.1) is 0 Å². The lowest BCUT2D eigenvalue weighted by Gasteiger charge is -2.22. The van der Waals surface area contributed by atoms with Gasteiger partial charge in [0.05, 0.1) is 0 Å². The Labute approximate surface area is 105 Å². The fourth-order valence-electron chi connectivity index (χ4n) is 2.55. The molecule has 0 N–H and O–H groups in total. The van der Waals surface area contributed by atoms with Crippen molar-refractivity contribution in [2.45, 2.75) is 39.0 Å². The van der Waals surface area contributed by atoms with Crippen LogP contribution in [0.2, 0.25) is 0 Å². The summed E-state index contributed by atoms with van der Waals surface area (Å²) in [4.78, 5) is 0. The van der Waals surface area contributed by atoms with Gasteiger partial charge in [-0.05, 0) is 29.9 Å². The molecule has 1 unspecified atom stereocenters. The molecule has 0 saturated carbocycles. The molecule has 0 fully saturated rings. The summed E-state index contributed by atoms with van der Waals surface area (Å²) >= 11 is 0. The van der Waals surface area contributed by atoms with Crippen LogP contribution in [0.15, 0.2) is 48.6 Å². The Bertz CT molecular complexity index is 384. The van der Waals surface area contributed by atoms with Gasteiger partial charge in [-0.1, -0.05) is 74.7 Å². The number of benzene rings is 1. The van der Waals surface area contributed by atoms with Crippen molar-refractivity contribution in [3.8, 4) is 0 Å². The van der Waals surface area contributed by atoms with E-state index in [1.54, 1.807) is 0 Å². The minimum Gasteiger partial charge on any atom is -0.0839 e. The lowest BCUT2D eigenvalue weighted by molar-refractivity contribution is 0.554. The predicted molar refractivity (Wildman–Crippen MR) is 75.8 cm³/mol. The molecule has 0 heterocycles. The van der Waals surface area contributed by atoms with Gasteiger partial charge in [-0.3, -0.25) is 0 Å². The predicted octanol–water partition coefficient (Wildman–Crippen LogP) is 5.23. The first-order chi connectivity index (χ1) is 8.42. The highest BCUT2D eigenvalue weighted by Gasteiger charge is 2.15. The van der Waals surface area contributed by atoms with E-state index in [4.69, 9.17) is 0 Å². The van der Waals surface area contributed by atoms with E-state index in [0.717, 1.165) is 5.92 Å². The van der Waals surface area contributed by atoms with Crippen molar-refractivity contribution in [2.75, 3.05) is 0 Å². The van der Waals surface area contributed by atoms with Crippen molar-refractivity contribution in [3.05, 3.63) is 54.1 Å². The van der Waals surface area contributed by atoms with E-state index in [2.05, 4.69) is 55.5 Å². The molecule has 1 aliphatic carbocycles. The van der Waals surface area contributed by atoms with Gasteiger partial charge in [0.25, 0.3) is 0 Å². The van der Waals surface area contributed by atoms with Crippen LogP contribution in [0, 0.1) is 5.92 Å². The number of unbranched alkanes of at least 4 members (excludes halogenated alkanes) is 2. The Kier molecular flexibility index (Phi) is 4.61. The minimum atomic E-state index is 0.731. The highest BCUT2D eigenvalue weighted by Crippen LogP contribution is 2.33. The second kappa shape index (κ2) is 6.44. The van der Waals surface area contributed by atoms with E-state index in [1.165, 1.54) is 43.2 Å². The minimum absolute atomic E-state index is 0.731. The average molecular weight is 226 g/mol. The van der Waals surface area contributed by atoms with Crippen molar-refractivity contribution >= 4 is 5.57 Å². The first-order valence-corrected chi connectivity index (χ1v) is 6.84. The molecule has 90 valence electrons. The van der Waals surface area contributed by atoms with Gasteiger partial charge < -0.3 is 0 Å². The molecule has 1 aliphatic rings. The van der Waals surface area contributed by atoms with Crippen LogP contribution in [0.3, 0.4) is 0 Å². The quantitative estimate of drug-likeness (QED) is 0.603. The fraction of sp³-hybridized carbons (Fsp3) is 0.412. The normalized spacial score (nSPS) is 19.1. The first-order valence-electron chi connectivity index (χ1n) is 6.84. The Morgan fingerprint density at radius 1 is 1.12 bits per heavy atom. The Hall–Kier alpha value is -1.30. The smallest absolute Gasteiger partial charge is 0.0121 e. The van der Waals surface area contributed by atoms with Crippen molar-refractivity contribution in [1.82, 2.24) is 0 Å². The van der Waals surface area contributed by atoms with Gasteiger partial charge in [-0.2, -0.15) is 0 Å². The van der Waals surface area contributed by atoms with Crippen LogP contribution in [0.5, 0.6) is 0 Å². The Balaban J connectivity index is 2.07. The van der Waals surface area contributed by atoms with Crippen LogP contribution < -0.4 is 0 Å². The van der Waals surface area contributed by atoms with Crippen molar-refractivity contribution in [2.24, 2.45) is 5.92 Å². The summed E-state index contributed by atoms with van der Waals surface area (Å²) in [5.41, 5.74) is 2.93. The van der Waals surface area contributed by atoms with E-state index >= 15 is 0 Å². The summed E-state index contributed by atoms with van der Waals surface area (Å²) in [7, 11) is 0. The van der Waals surface area contributed by atoms with Gasteiger partial charge in [-0.25, -0.2) is 0 Å². The molecule has 1 aromatic rings. The third-order valence-electron chi connectivity index (χ3n) is 3.54. The fourth-order valence-corrected chi connectivity index (χ4v) is 2.55. The van der Waals surface area contributed by atoms with Crippen molar-refractivity contribution < 1.29 is 0 Å². The zero-order valence-electron chi connectivity index (χ0n) is 10.7. The van der Waals surface area contributed by atoms with Gasteiger partial charge in [0.15, 0.2) is 0 Å². The summed E-state index contributed by atoms with van der Waals surface area (Å²) in [5, 5.41) is 0. The number of allylic oxidation sites excluding steroid dienone is 4. The monoisotopic (exact) mass is 226 g/mol. The molecule has 17 heavy (non-hydrogen) atoms. The summed E-state index contributed by atoms with van der Waals surface area (Å²) in [6, 6.07) is 10.8. The molecule has 0 spiro atoms. The molecule has 0 aliphatic heterocycles. The van der Waals surface area contributed by atoms with Gasteiger partial charge in [0, 0.05) is 0 Å². The summed E-state index contributed by atoms with van der Waals surface area (Å²) in [5.74, 6) is 0.731. The molecule has 0 aromatic heterocycles. The van der Waals surface area contributed by atoms with Gasteiger partial charge in [0.1, 0.15) is 0 Å². The van der Waals surface area contributed by atoms with E-state index < -0.39 is 0 Å². The van der Waals surface area contributed by atoms with Crippen LogP contribution in [0.1, 0.15) is 44.6 Å². The average Bonchev–Trinajstić information content (AvgIpc) is 2.41. The molecular weight excluding hydrogens is 204 g/mol. The maximum Gasteiger partial charge on any atom is -0.0121 e. The Morgan fingerprint density at radius 3 is 2.71 bits per heavy atom. The highest BCUT2D eigenvalue weighted by atomic mass is 14.2. The van der Waals surface area contributed by atoms with Crippen LogP contribution in [0.25, 0.3) is 5.57 Å². The summed E-state index contributed by atoms with van der Waals surface area (Å²) in [6.45, 7) is 2.27. The van der Waals surface area contributed by atoms with Gasteiger partial charge in [0.2, 0.25) is 0 Å². The Morgan fingerprint density at radius 2 is 1.94 bits per heavy atom. The molecule has 0 radical (unpaired) electrons. The zero-order chi connectivity index (χ0) is 11.9. The van der Waals surface area contributed by atoms with Crippen LogP contribution >= 0.6 is 0 Å². The number of hydrogen-bond acceptors (Lipinski definition) is 0. The molecule has 1 aromatic carbocycles. The zero-order valence-corrected chi connectivity index (χ0v) is 10.7. The van der Waals surface area contributed by atoms with Crippen LogP contribution in [0.4, 0.5) is 0 Å². The molecule has 0 bridgehead atoms. The summed E-state index contributed by atoms with van der Waals surface area (Å²) < 4.78 is 0. The van der Waals surface area contributed by atoms with Crippen LogP contribution in [-0.4, -0.2) is 0 Å². The van der Waals surface area contributed by atoms with Gasteiger partial charge >= 0.3 is 0 Å². The highest BCUT2D eigenvalue weighted by molar-refractivity contribution is 5.70. The second-order valence-electron chi connectivity index (χ2n) is 4.84. The lowest BCUT2D eigenvalue weighted by atomic mass is 9.83. The van der Waals surface area contributed by atoms with E-state index in [-0.39, 0.29) is 0 Å². The first kappa shape index (κ1) is 12.2. The molecule has 0 nitrogen and oxygen atoms in total. The third-order valence-corrected chi connectivity index (χ3v) is 3.54. The molecule has 1 atom stereocenters. The number of hydrogen-bond donors (Lipinski definition) is 0. The second-order valence-corrected chi connectivity index (χ2v) is 4.84. The molecule has 0 saturated heterocycles. The standard InChI is InChI=1S/C17H22/c1-2-3-5-10-15-13-8-9-14-17(15)16-11-6-4-7-12-16/h4,6-9,11-12,14-15H,2-3,5,10,13H2,1H3. The number of rotatable bonds is 5. The largest absolute Gasteiger partial charge is 0.0839 e.